The highest BCUT2D eigenvalue weighted by atomic mass is 32.2. The predicted octanol–water partition coefficient (Wildman–Crippen LogP) is 4.12. The Morgan fingerprint density at radius 3 is 2.56 bits per heavy atom. The third kappa shape index (κ3) is 6.91. The summed E-state index contributed by atoms with van der Waals surface area (Å²) >= 11 is 1.21. The van der Waals surface area contributed by atoms with Crippen molar-refractivity contribution >= 4 is 40.2 Å². The topological polar surface area (TPSA) is 99.5 Å². The quantitative estimate of drug-likeness (QED) is 0.179. The molecule has 0 saturated heterocycles. The van der Waals surface area contributed by atoms with E-state index in [0.29, 0.717) is 60.1 Å². The number of carbonyl (C=O) groups excluding carboxylic acids is 2. The van der Waals surface area contributed by atoms with E-state index in [1.54, 1.807) is 41.0 Å². The standard InChI is InChI=1S/C25H29N3O5S/c1-3-15-33-24(31)18-10-12-19(13-11-18)26-22(29)17-34-25-27-21-9-6-5-8-20(21)23(30)28(25)14-7-16-32-4-2/h5-6,8-13H,3-4,7,14-17H2,1-2H3,(H,26,29). The van der Waals surface area contributed by atoms with Gasteiger partial charge in [-0.3, -0.25) is 14.2 Å². The minimum absolute atomic E-state index is 0.0799. The maximum absolute atomic E-state index is 13.0. The van der Waals surface area contributed by atoms with Crippen LogP contribution in [0.15, 0.2) is 58.5 Å². The summed E-state index contributed by atoms with van der Waals surface area (Å²) in [5.74, 6) is -0.550. The van der Waals surface area contributed by atoms with Crippen molar-refractivity contribution in [3.05, 3.63) is 64.4 Å². The lowest BCUT2D eigenvalue weighted by atomic mass is 10.2. The van der Waals surface area contributed by atoms with Gasteiger partial charge in [0, 0.05) is 25.4 Å². The molecule has 0 radical (unpaired) electrons. The first-order valence-corrected chi connectivity index (χ1v) is 12.3. The second-order valence-electron chi connectivity index (χ2n) is 7.47. The Labute approximate surface area is 202 Å². The van der Waals surface area contributed by atoms with E-state index in [0.717, 1.165) is 6.42 Å². The Morgan fingerprint density at radius 1 is 1.06 bits per heavy atom. The third-order valence-corrected chi connectivity index (χ3v) is 5.85. The van der Waals surface area contributed by atoms with Crippen molar-refractivity contribution in [1.82, 2.24) is 9.55 Å². The van der Waals surface area contributed by atoms with Gasteiger partial charge in [-0.15, -0.1) is 0 Å². The van der Waals surface area contributed by atoms with E-state index in [9.17, 15) is 14.4 Å². The lowest BCUT2D eigenvalue weighted by Gasteiger charge is -2.13. The second kappa shape index (κ2) is 12.9. The molecule has 0 saturated carbocycles. The molecule has 3 rings (SSSR count). The van der Waals surface area contributed by atoms with Crippen LogP contribution < -0.4 is 10.9 Å². The number of hydrogen-bond acceptors (Lipinski definition) is 7. The highest BCUT2D eigenvalue weighted by molar-refractivity contribution is 7.99. The van der Waals surface area contributed by atoms with E-state index >= 15 is 0 Å². The molecular weight excluding hydrogens is 454 g/mol. The number of para-hydroxylation sites is 1. The van der Waals surface area contributed by atoms with Crippen LogP contribution in [0.2, 0.25) is 0 Å². The number of anilines is 1. The Kier molecular flexibility index (Phi) is 9.66. The first kappa shape index (κ1) is 25.5. The molecule has 0 spiro atoms. The molecule has 0 aliphatic carbocycles. The summed E-state index contributed by atoms with van der Waals surface area (Å²) < 4.78 is 12.1. The zero-order valence-corrected chi connectivity index (χ0v) is 20.2. The van der Waals surface area contributed by atoms with Crippen LogP contribution >= 0.6 is 11.8 Å². The number of nitrogens with zero attached hydrogens (tertiary/aromatic N) is 2. The Bertz CT molecular complexity index is 1180. The molecule has 1 amide bonds. The number of hydrogen-bond donors (Lipinski definition) is 1. The normalized spacial score (nSPS) is 10.9. The number of ether oxygens (including phenoxy) is 2. The van der Waals surface area contributed by atoms with Crippen molar-refractivity contribution < 1.29 is 19.1 Å². The third-order valence-electron chi connectivity index (χ3n) is 4.88. The monoisotopic (exact) mass is 483 g/mol. The number of fused-ring (bicyclic) bond motifs is 1. The Balaban J connectivity index is 1.67. The molecule has 9 heteroatoms. The molecule has 34 heavy (non-hydrogen) atoms. The van der Waals surface area contributed by atoms with E-state index in [1.165, 1.54) is 11.8 Å². The van der Waals surface area contributed by atoms with Crippen LogP contribution in [0.1, 0.15) is 37.0 Å². The van der Waals surface area contributed by atoms with Crippen molar-refractivity contribution in [3.8, 4) is 0 Å². The summed E-state index contributed by atoms with van der Waals surface area (Å²) in [6.07, 6.45) is 1.42. The van der Waals surface area contributed by atoms with Gasteiger partial charge in [0.25, 0.3) is 5.56 Å². The SMILES string of the molecule is CCCOC(=O)c1ccc(NC(=O)CSc2nc3ccccc3c(=O)n2CCCOCC)cc1. The van der Waals surface area contributed by atoms with Gasteiger partial charge in [-0.25, -0.2) is 9.78 Å². The van der Waals surface area contributed by atoms with Gasteiger partial charge in [-0.05, 0) is 56.2 Å². The van der Waals surface area contributed by atoms with E-state index < -0.39 is 0 Å². The van der Waals surface area contributed by atoms with Gasteiger partial charge in [0.2, 0.25) is 5.91 Å². The fourth-order valence-corrected chi connectivity index (χ4v) is 4.04. The van der Waals surface area contributed by atoms with Crippen LogP contribution in [0.5, 0.6) is 0 Å². The first-order chi connectivity index (χ1) is 16.5. The minimum atomic E-state index is -0.389. The van der Waals surface area contributed by atoms with E-state index in [1.807, 2.05) is 26.0 Å². The van der Waals surface area contributed by atoms with E-state index in [-0.39, 0.29) is 23.2 Å². The van der Waals surface area contributed by atoms with Gasteiger partial charge in [-0.1, -0.05) is 30.8 Å². The number of amides is 1. The van der Waals surface area contributed by atoms with Gasteiger partial charge in [0.15, 0.2) is 5.16 Å². The lowest BCUT2D eigenvalue weighted by Crippen LogP contribution is -2.25. The number of rotatable bonds is 12. The maximum atomic E-state index is 13.0. The molecule has 0 atom stereocenters. The van der Waals surface area contributed by atoms with E-state index in [2.05, 4.69) is 10.3 Å². The fourth-order valence-electron chi connectivity index (χ4n) is 3.22. The highest BCUT2D eigenvalue weighted by Gasteiger charge is 2.14. The molecule has 8 nitrogen and oxygen atoms in total. The maximum Gasteiger partial charge on any atom is 0.338 e. The molecule has 1 aromatic heterocycles. The molecular formula is C25H29N3O5S. The van der Waals surface area contributed by atoms with Crippen LogP contribution in [0, 0.1) is 0 Å². The zero-order chi connectivity index (χ0) is 24.3. The molecule has 1 heterocycles. The van der Waals surface area contributed by atoms with Crippen LogP contribution in [-0.2, 0) is 20.8 Å². The van der Waals surface area contributed by atoms with Crippen LogP contribution in [0.3, 0.4) is 0 Å². The number of nitrogens with one attached hydrogen (secondary N) is 1. The van der Waals surface area contributed by atoms with Gasteiger partial charge in [-0.2, -0.15) is 0 Å². The number of carbonyl (C=O) groups is 2. The summed E-state index contributed by atoms with van der Waals surface area (Å²) in [7, 11) is 0. The first-order valence-electron chi connectivity index (χ1n) is 11.3. The average molecular weight is 484 g/mol. The molecule has 0 fully saturated rings. The predicted molar refractivity (Wildman–Crippen MR) is 133 cm³/mol. The summed E-state index contributed by atoms with van der Waals surface area (Å²) in [6, 6.07) is 13.7. The van der Waals surface area contributed by atoms with Crippen LogP contribution in [0.4, 0.5) is 5.69 Å². The smallest absolute Gasteiger partial charge is 0.338 e. The molecule has 1 N–H and O–H groups in total. The summed E-state index contributed by atoms with van der Waals surface area (Å²) in [5, 5.41) is 3.84. The Hall–Kier alpha value is -3.17. The molecule has 0 bridgehead atoms. The number of aromatic nitrogens is 2. The molecule has 2 aromatic carbocycles. The number of benzene rings is 2. The van der Waals surface area contributed by atoms with Crippen LogP contribution in [-0.4, -0.2) is 47.0 Å². The molecule has 0 unspecified atom stereocenters. The molecule has 3 aromatic rings. The van der Waals surface area contributed by atoms with Gasteiger partial charge in [0.05, 0.1) is 28.8 Å². The highest BCUT2D eigenvalue weighted by Crippen LogP contribution is 2.19. The van der Waals surface area contributed by atoms with Crippen molar-refractivity contribution in [3.63, 3.8) is 0 Å². The largest absolute Gasteiger partial charge is 0.462 e. The fraction of sp³-hybridized carbons (Fsp3) is 0.360. The van der Waals surface area contributed by atoms with Crippen molar-refractivity contribution in [2.45, 2.75) is 38.4 Å². The summed E-state index contributed by atoms with van der Waals surface area (Å²) in [5.41, 5.74) is 1.47. The zero-order valence-electron chi connectivity index (χ0n) is 19.4. The summed E-state index contributed by atoms with van der Waals surface area (Å²) in [4.78, 5) is 42.1. The lowest BCUT2D eigenvalue weighted by molar-refractivity contribution is -0.113. The van der Waals surface area contributed by atoms with Crippen LogP contribution in [0.25, 0.3) is 10.9 Å². The molecule has 0 aliphatic rings. The molecule has 180 valence electrons. The van der Waals surface area contributed by atoms with Gasteiger partial charge >= 0.3 is 5.97 Å². The average Bonchev–Trinajstić information content (AvgIpc) is 2.85. The minimum Gasteiger partial charge on any atom is -0.462 e. The van der Waals surface area contributed by atoms with Gasteiger partial charge in [0.1, 0.15) is 0 Å². The number of esters is 1. The van der Waals surface area contributed by atoms with E-state index in [4.69, 9.17) is 9.47 Å². The second-order valence-corrected chi connectivity index (χ2v) is 8.41. The van der Waals surface area contributed by atoms with Crippen molar-refractivity contribution in [2.24, 2.45) is 0 Å². The van der Waals surface area contributed by atoms with Crippen molar-refractivity contribution in [1.29, 1.82) is 0 Å². The van der Waals surface area contributed by atoms with Crippen molar-refractivity contribution in [2.75, 3.05) is 30.9 Å². The Morgan fingerprint density at radius 2 is 1.82 bits per heavy atom. The number of thioether (sulfide) groups is 1. The van der Waals surface area contributed by atoms with Gasteiger partial charge < -0.3 is 14.8 Å². The summed E-state index contributed by atoms with van der Waals surface area (Å²) in [6.45, 7) is 5.84. The molecule has 0 aliphatic heterocycles.